The molecule has 0 amide bonds. The standard InChI is InChI=1S/C23H22BrNO2S/c1-3-8-19-9-5-7-12-23(19)25(17-20-10-4-6-11-22(20)24)28(26,27)21-15-13-18(2)14-16-21/h3-7,9-16H,1,8,17H2,2H3. The Morgan fingerprint density at radius 1 is 0.929 bits per heavy atom. The van der Waals surface area contributed by atoms with E-state index in [4.69, 9.17) is 0 Å². The molecule has 3 aromatic carbocycles. The van der Waals surface area contributed by atoms with E-state index in [9.17, 15) is 8.42 Å². The normalized spacial score (nSPS) is 11.2. The maximum Gasteiger partial charge on any atom is 0.264 e. The largest absolute Gasteiger partial charge is 0.264 e. The number of rotatable bonds is 7. The Morgan fingerprint density at radius 2 is 1.54 bits per heavy atom. The third-order valence-electron chi connectivity index (χ3n) is 4.51. The Kier molecular flexibility index (Phi) is 6.37. The highest BCUT2D eigenvalue weighted by atomic mass is 79.9. The molecule has 3 rings (SSSR count). The first-order chi connectivity index (χ1) is 13.4. The smallest absolute Gasteiger partial charge is 0.262 e. The van der Waals surface area contributed by atoms with Crippen LogP contribution in [-0.2, 0) is 23.0 Å². The van der Waals surface area contributed by atoms with Crippen molar-refractivity contribution in [1.29, 1.82) is 0 Å². The van der Waals surface area contributed by atoms with Crippen molar-refractivity contribution in [2.24, 2.45) is 0 Å². The summed E-state index contributed by atoms with van der Waals surface area (Å²) in [5.41, 5.74) is 3.49. The van der Waals surface area contributed by atoms with E-state index in [-0.39, 0.29) is 11.4 Å². The highest BCUT2D eigenvalue weighted by molar-refractivity contribution is 9.10. The lowest BCUT2D eigenvalue weighted by molar-refractivity contribution is 0.590. The number of aryl methyl sites for hydroxylation is 1. The molecule has 5 heteroatoms. The summed E-state index contributed by atoms with van der Waals surface area (Å²) in [7, 11) is -3.75. The molecule has 0 aliphatic rings. The van der Waals surface area contributed by atoms with Crippen LogP contribution in [0.15, 0.2) is 94.8 Å². The molecule has 3 aromatic rings. The number of nitrogens with zero attached hydrogens (tertiary/aromatic N) is 1. The predicted octanol–water partition coefficient (Wildman–Crippen LogP) is 5.88. The van der Waals surface area contributed by atoms with Gasteiger partial charge in [0.05, 0.1) is 17.1 Å². The van der Waals surface area contributed by atoms with E-state index >= 15 is 0 Å². The van der Waals surface area contributed by atoms with Gasteiger partial charge in [0, 0.05) is 4.47 Å². The van der Waals surface area contributed by atoms with Gasteiger partial charge in [0.25, 0.3) is 10.0 Å². The Balaban J connectivity index is 2.16. The van der Waals surface area contributed by atoms with Gasteiger partial charge in [-0.2, -0.15) is 0 Å². The second-order valence-corrected chi connectivity index (χ2v) is 9.25. The van der Waals surface area contributed by atoms with E-state index in [2.05, 4.69) is 22.5 Å². The first kappa shape index (κ1) is 20.4. The lowest BCUT2D eigenvalue weighted by Crippen LogP contribution is -2.31. The fourth-order valence-corrected chi connectivity index (χ4v) is 4.89. The van der Waals surface area contributed by atoms with Crippen LogP contribution in [0.3, 0.4) is 0 Å². The molecule has 0 unspecified atom stereocenters. The maximum absolute atomic E-state index is 13.6. The van der Waals surface area contributed by atoms with Crippen molar-refractivity contribution < 1.29 is 8.42 Å². The molecule has 0 heterocycles. The molecular weight excluding hydrogens is 434 g/mol. The first-order valence-corrected chi connectivity index (χ1v) is 11.2. The Hall–Kier alpha value is -2.37. The number of halogens is 1. The Morgan fingerprint density at radius 3 is 2.18 bits per heavy atom. The molecule has 3 nitrogen and oxygen atoms in total. The van der Waals surface area contributed by atoms with Crippen molar-refractivity contribution in [3.05, 3.63) is 107 Å². The minimum atomic E-state index is -3.75. The van der Waals surface area contributed by atoms with E-state index in [1.54, 1.807) is 18.2 Å². The molecule has 0 spiro atoms. The van der Waals surface area contributed by atoms with Crippen LogP contribution in [0.2, 0.25) is 0 Å². The van der Waals surface area contributed by atoms with Gasteiger partial charge in [-0.3, -0.25) is 4.31 Å². The van der Waals surface area contributed by atoms with E-state index in [0.717, 1.165) is 21.2 Å². The number of allylic oxidation sites excluding steroid dienone is 1. The summed E-state index contributed by atoms with van der Waals surface area (Å²) in [4.78, 5) is 0.276. The fourth-order valence-electron chi connectivity index (χ4n) is 3.00. The number of anilines is 1. The molecule has 0 radical (unpaired) electrons. The summed E-state index contributed by atoms with van der Waals surface area (Å²) in [6, 6.07) is 22.2. The Bertz CT molecular complexity index is 1080. The van der Waals surface area contributed by atoms with Crippen LogP contribution in [0.5, 0.6) is 0 Å². The highest BCUT2D eigenvalue weighted by Crippen LogP contribution is 2.31. The molecule has 144 valence electrons. The monoisotopic (exact) mass is 455 g/mol. The Labute approximate surface area is 175 Å². The molecule has 0 saturated heterocycles. The van der Waals surface area contributed by atoms with Crippen LogP contribution in [0.25, 0.3) is 0 Å². The number of benzene rings is 3. The zero-order chi connectivity index (χ0) is 20.1. The van der Waals surface area contributed by atoms with Crippen LogP contribution >= 0.6 is 15.9 Å². The highest BCUT2D eigenvalue weighted by Gasteiger charge is 2.27. The molecule has 0 aromatic heterocycles. The SMILES string of the molecule is C=CCc1ccccc1N(Cc1ccccc1Br)S(=O)(=O)c1ccc(C)cc1. The number of hydrogen-bond donors (Lipinski definition) is 0. The first-order valence-electron chi connectivity index (χ1n) is 8.95. The molecule has 0 N–H and O–H groups in total. The summed E-state index contributed by atoms with van der Waals surface area (Å²) < 4.78 is 29.6. The number of sulfonamides is 1. The average molecular weight is 456 g/mol. The summed E-state index contributed by atoms with van der Waals surface area (Å²) in [5, 5.41) is 0. The maximum atomic E-state index is 13.6. The lowest BCUT2D eigenvalue weighted by Gasteiger charge is -2.27. The van der Waals surface area contributed by atoms with Crippen LogP contribution in [-0.4, -0.2) is 8.42 Å². The second-order valence-electron chi connectivity index (χ2n) is 6.54. The molecule has 0 fully saturated rings. The molecule has 0 atom stereocenters. The third-order valence-corrected chi connectivity index (χ3v) is 7.05. The molecular formula is C23H22BrNO2S. The quantitative estimate of drug-likeness (QED) is 0.417. The van der Waals surface area contributed by atoms with Gasteiger partial charge in [0.15, 0.2) is 0 Å². The summed E-state index contributed by atoms with van der Waals surface area (Å²) in [6.07, 6.45) is 2.37. The zero-order valence-electron chi connectivity index (χ0n) is 15.7. The molecule has 28 heavy (non-hydrogen) atoms. The topological polar surface area (TPSA) is 37.4 Å². The van der Waals surface area contributed by atoms with Gasteiger partial charge in [0.1, 0.15) is 0 Å². The molecule has 0 aliphatic heterocycles. The fraction of sp³-hybridized carbons (Fsp3) is 0.130. The lowest BCUT2D eigenvalue weighted by atomic mass is 10.1. The van der Waals surface area contributed by atoms with Gasteiger partial charge in [0.2, 0.25) is 0 Å². The average Bonchev–Trinajstić information content (AvgIpc) is 2.68. The van der Waals surface area contributed by atoms with Crippen molar-refractivity contribution >= 4 is 31.6 Å². The van der Waals surface area contributed by atoms with Crippen molar-refractivity contribution in [3.8, 4) is 0 Å². The van der Waals surface area contributed by atoms with E-state index in [1.165, 1.54) is 4.31 Å². The van der Waals surface area contributed by atoms with Crippen LogP contribution in [0, 0.1) is 6.92 Å². The van der Waals surface area contributed by atoms with Crippen molar-refractivity contribution in [3.63, 3.8) is 0 Å². The second kappa shape index (κ2) is 8.76. The van der Waals surface area contributed by atoms with E-state index in [1.807, 2.05) is 67.6 Å². The van der Waals surface area contributed by atoms with Gasteiger partial charge in [-0.15, -0.1) is 6.58 Å². The van der Waals surface area contributed by atoms with Crippen LogP contribution in [0.4, 0.5) is 5.69 Å². The van der Waals surface area contributed by atoms with Crippen LogP contribution < -0.4 is 4.31 Å². The van der Waals surface area contributed by atoms with Crippen molar-refractivity contribution in [1.82, 2.24) is 0 Å². The van der Waals surface area contributed by atoms with Gasteiger partial charge >= 0.3 is 0 Å². The zero-order valence-corrected chi connectivity index (χ0v) is 18.1. The van der Waals surface area contributed by atoms with E-state index < -0.39 is 10.0 Å². The van der Waals surface area contributed by atoms with Gasteiger partial charge in [-0.1, -0.05) is 76.1 Å². The summed E-state index contributed by atoms with van der Waals surface area (Å²) in [5.74, 6) is 0. The molecule has 0 aliphatic carbocycles. The van der Waals surface area contributed by atoms with E-state index in [0.29, 0.717) is 12.1 Å². The van der Waals surface area contributed by atoms with Crippen molar-refractivity contribution in [2.45, 2.75) is 24.8 Å². The minimum absolute atomic E-state index is 0.228. The molecule has 0 saturated carbocycles. The third kappa shape index (κ3) is 4.37. The predicted molar refractivity (Wildman–Crippen MR) is 119 cm³/mol. The summed E-state index contributed by atoms with van der Waals surface area (Å²) >= 11 is 3.54. The molecule has 0 bridgehead atoms. The van der Waals surface area contributed by atoms with Gasteiger partial charge in [-0.25, -0.2) is 8.42 Å². The van der Waals surface area contributed by atoms with Gasteiger partial charge in [-0.05, 0) is 48.7 Å². The number of hydrogen-bond acceptors (Lipinski definition) is 2. The van der Waals surface area contributed by atoms with Crippen molar-refractivity contribution in [2.75, 3.05) is 4.31 Å². The summed E-state index contributed by atoms with van der Waals surface area (Å²) in [6.45, 7) is 5.98. The minimum Gasteiger partial charge on any atom is -0.262 e. The van der Waals surface area contributed by atoms with Crippen LogP contribution in [0.1, 0.15) is 16.7 Å². The number of para-hydroxylation sites is 1. The van der Waals surface area contributed by atoms with Gasteiger partial charge < -0.3 is 0 Å².